The second kappa shape index (κ2) is 7.21. The van der Waals surface area contributed by atoms with E-state index in [1.54, 1.807) is 33.0 Å². The van der Waals surface area contributed by atoms with Crippen LogP contribution in [0.5, 0.6) is 0 Å². The van der Waals surface area contributed by atoms with E-state index < -0.39 is 42.2 Å². The molecule has 3 rings (SSSR count). The number of nitrogens with one attached hydrogen (secondary N) is 1. The first-order valence-corrected chi connectivity index (χ1v) is 8.70. The number of anilines is 1. The van der Waals surface area contributed by atoms with Crippen LogP contribution in [-0.2, 0) is 9.47 Å². The number of aryl methyl sites for hydroxylation is 1. The van der Waals surface area contributed by atoms with E-state index in [0.29, 0.717) is 27.8 Å². The maximum Gasteiger partial charge on any atom is 0.338 e. The molecule has 2 aromatic rings. The average molecular weight is 379 g/mol. The fourth-order valence-electron chi connectivity index (χ4n) is 3.80. The molecule has 0 bridgehead atoms. The molecule has 1 aromatic heterocycles. The highest BCUT2D eigenvalue weighted by atomic mass is 16.6. The summed E-state index contributed by atoms with van der Waals surface area (Å²) in [4.78, 5) is 11.9. The molecule has 0 aliphatic carbocycles. The summed E-state index contributed by atoms with van der Waals surface area (Å²) in [5, 5.41) is 34.6. The Bertz CT molecular complexity index is 895. The summed E-state index contributed by atoms with van der Waals surface area (Å²) in [6.07, 6.45) is -4.39. The number of aliphatic hydroxyl groups is 3. The average Bonchev–Trinajstić information content (AvgIpc) is 2.65. The fraction of sp³-hybridized carbons (Fsp3) is 0.526. The van der Waals surface area contributed by atoms with Crippen molar-refractivity contribution in [2.45, 2.75) is 43.9 Å². The molecule has 8 heteroatoms. The number of benzene rings is 1. The quantitative estimate of drug-likeness (QED) is 0.573. The molecule has 0 radical (unpaired) electrons. The number of hydrogen-bond acceptors (Lipinski definition) is 8. The number of rotatable bonds is 4. The van der Waals surface area contributed by atoms with Gasteiger partial charge in [-0.25, -0.2) is 4.79 Å². The molecule has 0 amide bonds. The van der Waals surface area contributed by atoms with Crippen LogP contribution in [-0.4, -0.2) is 60.0 Å². The normalized spacial score (nSPS) is 31.2. The second-order valence-corrected chi connectivity index (χ2v) is 7.03. The van der Waals surface area contributed by atoms with Crippen molar-refractivity contribution in [2.75, 3.05) is 26.1 Å². The lowest BCUT2D eigenvalue weighted by Gasteiger charge is -2.48. The van der Waals surface area contributed by atoms with E-state index >= 15 is 0 Å². The summed E-state index contributed by atoms with van der Waals surface area (Å²) in [5.41, 5.74) is 0.438. The summed E-state index contributed by atoms with van der Waals surface area (Å²) in [6, 6.07) is 4.88. The Morgan fingerprint density at radius 2 is 2.00 bits per heavy atom. The maximum atomic E-state index is 11.9. The molecule has 5 atom stereocenters. The first kappa shape index (κ1) is 19.8. The molecule has 1 saturated heterocycles. The Labute approximate surface area is 156 Å². The van der Waals surface area contributed by atoms with E-state index in [2.05, 4.69) is 5.32 Å². The van der Waals surface area contributed by atoms with Gasteiger partial charge in [-0.3, -0.25) is 0 Å². The zero-order valence-corrected chi connectivity index (χ0v) is 15.7. The lowest BCUT2D eigenvalue weighted by molar-refractivity contribution is -0.279. The van der Waals surface area contributed by atoms with Crippen LogP contribution < -0.4 is 10.9 Å². The van der Waals surface area contributed by atoms with Crippen LogP contribution in [0, 0.1) is 6.92 Å². The maximum absolute atomic E-state index is 11.9. The second-order valence-electron chi connectivity index (χ2n) is 7.03. The SMILES string of the molecule is CNc1cc(=O)oc2c(C)c([C@@H]3O[C@](C)(CO)[C@H](OC)[C@H](O)[C@H]3O)ccc12. The predicted molar refractivity (Wildman–Crippen MR) is 98.9 cm³/mol. The molecule has 27 heavy (non-hydrogen) atoms. The molecule has 148 valence electrons. The van der Waals surface area contributed by atoms with Gasteiger partial charge in [0.25, 0.3) is 0 Å². The van der Waals surface area contributed by atoms with Crippen molar-refractivity contribution < 1.29 is 29.2 Å². The van der Waals surface area contributed by atoms with E-state index in [4.69, 9.17) is 13.9 Å². The first-order chi connectivity index (χ1) is 12.8. The summed E-state index contributed by atoms with van der Waals surface area (Å²) < 4.78 is 16.6. The number of hydrogen-bond donors (Lipinski definition) is 4. The van der Waals surface area contributed by atoms with Gasteiger partial charge in [-0.1, -0.05) is 6.07 Å². The van der Waals surface area contributed by atoms with Crippen LogP contribution in [0.3, 0.4) is 0 Å². The lowest BCUT2D eigenvalue weighted by Crippen LogP contribution is -2.62. The molecule has 1 aromatic carbocycles. The van der Waals surface area contributed by atoms with Gasteiger partial charge in [-0.2, -0.15) is 0 Å². The third-order valence-corrected chi connectivity index (χ3v) is 5.31. The van der Waals surface area contributed by atoms with Crippen molar-refractivity contribution in [3.63, 3.8) is 0 Å². The van der Waals surface area contributed by atoms with Crippen molar-refractivity contribution >= 4 is 16.7 Å². The molecule has 1 aliphatic heterocycles. The topological polar surface area (TPSA) is 121 Å². The molecular weight excluding hydrogens is 354 g/mol. The highest BCUT2D eigenvalue weighted by molar-refractivity contribution is 5.92. The van der Waals surface area contributed by atoms with Gasteiger partial charge in [0.15, 0.2) is 0 Å². The van der Waals surface area contributed by atoms with E-state index in [-0.39, 0.29) is 0 Å². The molecule has 8 nitrogen and oxygen atoms in total. The number of fused-ring (bicyclic) bond motifs is 1. The zero-order chi connectivity index (χ0) is 19.9. The van der Waals surface area contributed by atoms with Crippen molar-refractivity contribution in [1.29, 1.82) is 0 Å². The third kappa shape index (κ3) is 3.13. The van der Waals surface area contributed by atoms with Crippen LogP contribution >= 0.6 is 0 Å². The van der Waals surface area contributed by atoms with Crippen molar-refractivity contribution in [2.24, 2.45) is 0 Å². The molecule has 0 saturated carbocycles. The van der Waals surface area contributed by atoms with Crippen LogP contribution in [0.1, 0.15) is 24.2 Å². The van der Waals surface area contributed by atoms with Gasteiger partial charge in [0.2, 0.25) is 0 Å². The van der Waals surface area contributed by atoms with Crippen molar-refractivity contribution in [3.05, 3.63) is 39.7 Å². The largest absolute Gasteiger partial charge is 0.422 e. The van der Waals surface area contributed by atoms with Gasteiger partial charge in [0.1, 0.15) is 35.6 Å². The summed E-state index contributed by atoms with van der Waals surface area (Å²) >= 11 is 0. The minimum Gasteiger partial charge on any atom is -0.422 e. The highest BCUT2D eigenvalue weighted by Gasteiger charge is 2.52. The molecule has 1 fully saturated rings. The van der Waals surface area contributed by atoms with E-state index in [1.807, 2.05) is 0 Å². The Morgan fingerprint density at radius 3 is 2.59 bits per heavy atom. The van der Waals surface area contributed by atoms with Crippen LogP contribution in [0.2, 0.25) is 0 Å². The predicted octanol–water partition coefficient (Wildman–Crippen LogP) is 0.702. The van der Waals surface area contributed by atoms with E-state index in [0.717, 1.165) is 0 Å². The molecule has 0 spiro atoms. The minimum atomic E-state index is -1.29. The zero-order valence-electron chi connectivity index (χ0n) is 15.7. The molecule has 2 heterocycles. The molecule has 0 unspecified atom stereocenters. The van der Waals surface area contributed by atoms with Gasteiger partial charge < -0.3 is 34.5 Å². The Hall–Kier alpha value is -1.97. The lowest BCUT2D eigenvalue weighted by atomic mass is 9.83. The van der Waals surface area contributed by atoms with Gasteiger partial charge >= 0.3 is 5.63 Å². The smallest absolute Gasteiger partial charge is 0.338 e. The third-order valence-electron chi connectivity index (χ3n) is 5.31. The van der Waals surface area contributed by atoms with Crippen LogP contribution in [0.15, 0.2) is 27.4 Å². The van der Waals surface area contributed by atoms with Crippen LogP contribution in [0.4, 0.5) is 5.69 Å². The van der Waals surface area contributed by atoms with Crippen molar-refractivity contribution in [3.8, 4) is 0 Å². The van der Waals surface area contributed by atoms with Crippen molar-refractivity contribution in [1.82, 2.24) is 0 Å². The Morgan fingerprint density at radius 1 is 1.30 bits per heavy atom. The van der Waals surface area contributed by atoms with E-state index in [9.17, 15) is 20.1 Å². The summed E-state index contributed by atoms with van der Waals surface area (Å²) in [6.45, 7) is 2.96. The van der Waals surface area contributed by atoms with Gasteiger partial charge in [0, 0.05) is 25.6 Å². The van der Waals surface area contributed by atoms with E-state index in [1.165, 1.54) is 13.2 Å². The summed E-state index contributed by atoms with van der Waals surface area (Å²) in [5.74, 6) is 0. The number of ether oxygens (including phenoxy) is 2. The number of aliphatic hydroxyl groups excluding tert-OH is 3. The summed E-state index contributed by atoms with van der Waals surface area (Å²) in [7, 11) is 3.09. The number of methoxy groups -OCH3 is 1. The monoisotopic (exact) mass is 379 g/mol. The first-order valence-electron chi connectivity index (χ1n) is 8.70. The Kier molecular flexibility index (Phi) is 5.29. The minimum absolute atomic E-state index is 0.370. The molecule has 1 aliphatic rings. The van der Waals surface area contributed by atoms with Crippen LogP contribution in [0.25, 0.3) is 11.0 Å². The van der Waals surface area contributed by atoms with Gasteiger partial charge in [-0.15, -0.1) is 0 Å². The highest BCUT2D eigenvalue weighted by Crippen LogP contribution is 2.41. The molecule has 4 N–H and O–H groups in total. The fourth-order valence-corrected chi connectivity index (χ4v) is 3.80. The molecular formula is C19H25NO7. The van der Waals surface area contributed by atoms with Gasteiger partial charge in [0.05, 0.1) is 12.3 Å². The van der Waals surface area contributed by atoms with Gasteiger partial charge in [-0.05, 0) is 31.0 Å². The Balaban J connectivity index is 2.14. The standard InChI is InChI=1S/C19H25NO7/c1-9-10(5-6-11-12(20-3)7-13(22)26-16(9)11)17-14(23)15(24)18(25-4)19(2,8-21)27-17/h5-7,14-15,17-18,20-21,23-24H,8H2,1-4H3/t14-,15-,17+,18-,19-/m1/s1.